The molecule has 2 atom stereocenters. The van der Waals surface area contributed by atoms with Crippen LogP contribution in [0.15, 0.2) is 12.1 Å². The zero-order valence-electron chi connectivity index (χ0n) is 10.2. The minimum atomic E-state index is 0.162. The molecule has 1 nitrogen and oxygen atoms in total. The van der Waals surface area contributed by atoms with Crippen LogP contribution in [0.5, 0.6) is 0 Å². The molecule has 1 aromatic rings. The summed E-state index contributed by atoms with van der Waals surface area (Å²) in [6.45, 7) is 8.30. The van der Waals surface area contributed by atoms with Crippen LogP contribution < -0.4 is 5.73 Å². The predicted octanol–water partition coefficient (Wildman–Crippen LogP) is 3.98. The Kier molecular flexibility index (Phi) is 4.34. The van der Waals surface area contributed by atoms with Crippen LogP contribution in [0.1, 0.15) is 36.5 Å². The van der Waals surface area contributed by atoms with Gasteiger partial charge in [-0.3, -0.25) is 0 Å². The zero-order chi connectivity index (χ0) is 12.5. The van der Waals surface area contributed by atoms with Gasteiger partial charge in [0.05, 0.1) is 4.99 Å². The van der Waals surface area contributed by atoms with Crippen molar-refractivity contribution in [3.63, 3.8) is 0 Å². The standard InChI is InChI=1S/C13H18ClNS/c1-7-5-11(12(14)6-8(7)2)9(3)10(4)13(15)16/h5-6,9-10H,1-4H3,(H2,15,16). The van der Waals surface area contributed by atoms with E-state index < -0.39 is 0 Å². The predicted molar refractivity (Wildman–Crippen MR) is 75.3 cm³/mol. The second kappa shape index (κ2) is 5.15. The number of benzene rings is 1. The molecule has 0 spiro atoms. The molecule has 0 aliphatic rings. The lowest BCUT2D eigenvalue weighted by Gasteiger charge is -2.21. The van der Waals surface area contributed by atoms with Crippen molar-refractivity contribution in [2.24, 2.45) is 11.7 Å². The summed E-state index contributed by atoms with van der Waals surface area (Å²) in [5, 5.41) is 0.804. The van der Waals surface area contributed by atoms with E-state index in [0.717, 1.165) is 10.6 Å². The fourth-order valence-electron chi connectivity index (χ4n) is 1.67. The summed E-state index contributed by atoms with van der Waals surface area (Å²) in [5.74, 6) is 0.416. The lowest BCUT2D eigenvalue weighted by Crippen LogP contribution is -2.23. The van der Waals surface area contributed by atoms with Gasteiger partial charge >= 0.3 is 0 Å². The molecule has 0 saturated carbocycles. The lowest BCUT2D eigenvalue weighted by atomic mass is 9.87. The van der Waals surface area contributed by atoms with Gasteiger partial charge in [0.1, 0.15) is 0 Å². The topological polar surface area (TPSA) is 26.0 Å². The number of aryl methyl sites for hydroxylation is 2. The summed E-state index contributed by atoms with van der Waals surface area (Å²) >= 11 is 11.3. The van der Waals surface area contributed by atoms with E-state index >= 15 is 0 Å². The van der Waals surface area contributed by atoms with E-state index in [0.29, 0.717) is 4.99 Å². The average Bonchev–Trinajstić information content (AvgIpc) is 2.21. The zero-order valence-corrected chi connectivity index (χ0v) is 11.7. The molecule has 0 aliphatic carbocycles. The second-order valence-electron chi connectivity index (χ2n) is 4.44. The van der Waals surface area contributed by atoms with E-state index in [9.17, 15) is 0 Å². The quantitative estimate of drug-likeness (QED) is 0.827. The minimum absolute atomic E-state index is 0.162. The molecule has 1 rings (SSSR count). The summed E-state index contributed by atoms with van der Waals surface area (Å²) in [5.41, 5.74) is 9.27. The number of hydrogen-bond donors (Lipinski definition) is 1. The highest BCUT2D eigenvalue weighted by Gasteiger charge is 2.19. The van der Waals surface area contributed by atoms with Gasteiger partial charge < -0.3 is 5.73 Å². The summed E-state index contributed by atoms with van der Waals surface area (Å²) < 4.78 is 0. The first kappa shape index (κ1) is 13.5. The van der Waals surface area contributed by atoms with Crippen LogP contribution >= 0.6 is 23.8 Å². The van der Waals surface area contributed by atoms with E-state index in [-0.39, 0.29) is 11.8 Å². The van der Waals surface area contributed by atoms with E-state index in [1.165, 1.54) is 11.1 Å². The van der Waals surface area contributed by atoms with Crippen molar-refractivity contribution in [2.75, 3.05) is 0 Å². The lowest BCUT2D eigenvalue weighted by molar-refractivity contribution is 0.626. The van der Waals surface area contributed by atoms with Crippen LogP contribution in [-0.4, -0.2) is 4.99 Å². The summed E-state index contributed by atoms with van der Waals surface area (Å²) in [6.07, 6.45) is 0. The molecule has 0 aliphatic heterocycles. The minimum Gasteiger partial charge on any atom is -0.393 e. The SMILES string of the molecule is Cc1cc(Cl)c(C(C)C(C)C(N)=S)cc1C. The maximum atomic E-state index is 6.26. The molecule has 0 amide bonds. The normalized spacial score (nSPS) is 14.6. The Hall–Kier alpha value is -0.600. The largest absolute Gasteiger partial charge is 0.393 e. The van der Waals surface area contributed by atoms with Gasteiger partial charge in [-0.05, 0) is 42.5 Å². The fourth-order valence-corrected chi connectivity index (χ4v) is 2.26. The van der Waals surface area contributed by atoms with Gasteiger partial charge in [-0.2, -0.15) is 0 Å². The third-order valence-electron chi connectivity index (χ3n) is 3.30. The molecule has 3 heteroatoms. The van der Waals surface area contributed by atoms with Gasteiger partial charge in [-0.25, -0.2) is 0 Å². The molecule has 0 aromatic heterocycles. The molecule has 0 bridgehead atoms. The molecular weight excluding hydrogens is 238 g/mol. The van der Waals surface area contributed by atoms with Gasteiger partial charge in [-0.15, -0.1) is 0 Å². The first-order valence-electron chi connectivity index (χ1n) is 5.40. The van der Waals surface area contributed by atoms with Crippen molar-refractivity contribution in [1.29, 1.82) is 0 Å². The van der Waals surface area contributed by atoms with Gasteiger partial charge in [-0.1, -0.05) is 43.7 Å². The second-order valence-corrected chi connectivity index (χ2v) is 5.32. The van der Waals surface area contributed by atoms with Crippen LogP contribution in [0, 0.1) is 19.8 Å². The highest BCUT2D eigenvalue weighted by Crippen LogP contribution is 2.32. The molecule has 0 saturated heterocycles. The van der Waals surface area contributed by atoms with Gasteiger partial charge in [0.25, 0.3) is 0 Å². The first-order valence-corrected chi connectivity index (χ1v) is 6.19. The fraction of sp³-hybridized carbons (Fsp3) is 0.462. The molecule has 2 unspecified atom stereocenters. The Morgan fingerprint density at radius 2 is 1.75 bits per heavy atom. The number of halogens is 1. The highest BCUT2D eigenvalue weighted by molar-refractivity contribution is 7.80. The molecular formula is C13H18ClNS. The van der Waals surface area contributed by atoms with Crippen molar-refractivity contribution in [2.45, 2.75) is 33.6 Å². The average molecular weight is 256 g/mol. The van der Waals surface area contributed by atoms with Crippen molar-refractivity contribution in [3.05, 3.63) is 33.8 Å². The maximum absolute atomic E-state index is 6.26. The molecule has 0 fully saturated rings. The number of rotatable bonds is 3. The highest BCUT2D eigenvalue weighted by atomic mass is 35.5. The molecule has 2 N–H and O–H groups in total. The summed E-state index contributed by atoms with van der Waals surface area (Å²) in [7, 11) is 0. The molecule has 0 radical (unpaired) electrons. The summed E-state index contributed by atoms with van der Waals surface area (Å²) in [4.78, 5) is 0.543. The molecule has 88 valence electrons. The van der Waals surface area contributed by atoms with Crippen molar-refractivity contribution >= 4 is 28.8 Å². The summed E-state index contributed by atoms with van der Waals surface area (Å²) in [6, 6.07) is 4.14. The van der Waals surface area contributed by atoms with Gasteiger partial charge in [0.15, 0.2) is 0 Å². The van der Waals surface area contributed by atoms with Crippen LogP contribution in [0.25, 0.3) is 0 Å². The van der Waals surface area contributed by atoms with Crippen molar-refractivity contribution in [3.8, 4) is 0 Å². The van der Waals surface area contributed by atoms with Crippen LogP contribution in [-0.2, 0) is 0 Å². The molecule has 1 aromatic carbocycles. The third-order valence-corrected chi connectivity index (χ3v) is 4.00. The maximum Gasteiger partial charge on any atom is 0.0761 e. The Morgan fingerprint density at radius 3 is 2.25 bits per heavy atom. The third kappa shape index (κ3) is 2.74. The van der Waals surface area contributed by atoms with Crippen molar-refractivity contribution in [1.82, 2.24) is 0 Å². The molecule has 0 heterocycles. The smallest absolute Gasteiger partial charge is 0.0761 e. The van der Waals surface area contributed by atoms with Gasteiger partial charge in [0, 0.05) is 10.9 Å². The Bertz CT molecular complexity index is 415. The Labute approximate surface area is 108 Å². The van der Waals surface area contributed by atoms with E-state index in [1.54, 1.807) is 0 Å². The van der Waals surface area contributed by atoms with E-state index in [4.69, 9.17) is 29.6 Å². The Balaban J connectivity index is 3.13. The monoisotopic (exact) mass is 255 g/mol. The van der Waals surface area contributed by atoms with Crippen LogP contribution in [0.2, 0.25) is 5.02 Å². The number of thiocarbonyl (C=S) groups is 1. The van der Waals surface area contributed by atoms with Crippen LogP contribution in [0.4, 0.5) is 0 Å². The van der Waals surface area contributed by atoms with E-state index in [1.807, 2.05) is 13.0 Å². The van der Waals surface area contributed by atoms with Crippen molar-refractivity contribution < 1.29 is 0 Å². The number of hydrogen-bond acceptors (Lipinski definition) is 1. The van der Waals surface area contributed by atoms with Crippen LogP contribution in [0.3, 0.4) is 0 Å². The number of nitrogens with two attached hydrogens (primary N) is 1. The molecule has 16 heavy (non-hydrogen) atoms. The van der Waals surface area contributed by atoms with Gasteiger partial charge in [0.2, 0.25) is 0 Å². The van der Waals surface area contributed by atoms with E-state index in [2.05, 4.69) is 26.8 Å². The first-order chi connectivity index (χ1) is 7.34. The Morgan fingerprint density at radius 1 is 1.25 bits per heavy atom.